The highest BCUT2D eigenvalue weighted by molar-refractivity contribution is 14.0. The topological polar surface area (TPSA) is 65.9 Å². The van der Waals surface area contributed by atoms with Gasteiger partial charge in [-0.15, -0.1) is 24.0 Å². The Morgan fingerprint density at radius 3 is 2.72 bits per heavy atom. The molecule has 2 heterocycles. The highest BCUT2D eigenvalue weighted by Crippen LogP contribution is 2.23. The Hall–Kier alpha value is -0.490. The average molecular weight is 545 g/mol. The maximum atomic E-state index is 5.25. The fraction of sp³-hybridized carbons (Fsp3) is 0.667. The van der Waals surface area contributed by atoms with Crippen molar-refractivity contribution in [3.63, 3.8) is 0 Å². The summed E-state index contributed by atoms with van der Waals surface area (Å²) < 4.78 is 6.02. The van der Waals surface area contributed by atoms with Crippen molar-refractivity contribution in [3.8, 4) is 5.88 Å². The fourth-order valence-electron chi connectivity index (χ4n) is 2.51. The maximum absolute atomic E-state index is 5.25. The summed E-state index contributed by atoms with van der Waals surface area (Å²) in [5.41, 5.74) is 0. The Labute approximate surface area is 179 Å². The number of nitrogens with zero attached hydrogens (tertiary/aromatic N) is 5. The highest BCUT2D eigenvalue weighted by Gasteiger charge is 2.21. The van der Waals surface area contributed by atoms with Crippen LogP contribution in [0.5, 0.6) is 5.88 Å². The van der Waals surface area contributed by atoms with Crippen LogP contribution in [0, 0.1) is 0 Å². The van der Waals surface area contributed by atoms with E-state index in [0.29, 0.717) is 11.8 Å². The van der Waals surface area contributed by atoms with Gasteiger partial charge in [-0.05, 0) is 34.4 Å². The van der Waals surface area contributed by atoms with Crippen molar-refractivity contribution in [3.05, 3.63) is 10.7 Å². The summed E-state index contributed by atoms with van der Waals surface area (Å²) in [5, 5.41) is 3.44. The number of hydrogen-bond donors (Lipinski definition) is 1. The van der Waals surface area contributed by atoms with Gasteiger partial charge < -0.3 is 19.9 Å². The van der Waals surface area contributed by atoms with Gasteiger partial charge in [-0.25, -0.2) is 4.98 Å². The Morgan fingerprint density at radius 1 is 1.40 bits per heavy atom. The van der Waals surface area contributed by atoms with E-state index in [4.69, 9.17) is 4.74 Å². The molecule has 142 valence electrons. The molecule has 1 aromatic rings. The third-order valence-electron chi connectivity index (χ3n) is 3.77. The van der Waals surface area contributed by atoms with Crippen molar-refractivity contribution in [2.45, 2.75) is 6.42 Å². The minimum absolute atomic E-state index is 0. The van der Waals surface area contributed by atoms with Crippen LogP contribution in [0.25, 0.3) is 0 Å². The second kappa shape index (κ2) is 12.0. The van der Waals surface area contributed by atoms with E-state index in [1.807, 2.05) is 18.8 Å². The van der Waals surface area contributed by atoms with Gasteiger partial charge in [0.25, 0.3) is 0 Å². The van der Waals surface area contributed by atoms with E-state index >= 15 is 0 Å². The summed E-state index contributed by atoms with van der Waals surface area (Å²) >= 11 is 5.26. The van der Waals surface area contributed by atoms with Crippen molar-refractivity contribution in [2.75, 3.05) is 63.8 Å². The fourth-order valence-corrected chi connectivity index (χ4v) is 3.29. The lowest BCUT2D eigenvalue weighted by Crippen LogP contribution is -2.53. The van der Waals surface area contributed by atoms with Gasteiger partial charge in [0, 0.05) is 39.8 Å². The normalized spacial score (nSPS) is 15.0. The molecule has 0 aliphatic carbocycles. The minimum atomic E-state index is 0. The standard InChI is InChI=1S/C15H25BrN6OS.HI/c1-17-14(18-5-4-10-24-3)21-6-8-22(9-7-21)15-19-11-12(16)13(20-15)23-2;/h11H,4-10H2,1-3H3,(H,17,18);1H. The number of rotatable bonds is 6. The Bertz CT molecular complexity index is 557. The molecule has 7 nitrogen and oxygen atoms in total. The van der Waals surface area contributed by atoms with Gasteiger partial charge in [0.05, 0.1) is 17.8 Å². The van der Waals surface area contributed by atoms with Crippen LogP contribution in [0.1, 0.15) is 6.42 Å². The van der Waals surface area contributed by atoms with Gasteiger partial charge in [-0.2, -0.15) is 16.7 Å². The molecule has 1 aromatic heterocycles. The van der Waals surface area contributed by atoms with Crippen molar-refractivity contribution in [1.29, 1.82) is 0 Å². The predicted molar refractivity (Wildman–Crippen MR) is 120 cm³/mol. The van der Waals surface area contributed by atoms with E-state index < -0.39 is 0 Å². The molecule has 2 rings (SSSR count). The van der Waals surface area contributed by atoms with Crippen LogP contribution in [0.15, 0.2) is 15.7 Å². The van der Waals surface area contributed by atoms with Crippen LogP contribution in [-0.4, -0.2) is 79.7 Å². The monoisotopic (exact) mass is 544 g/mol. The van der Waals surface area contributed by atoms with Gasteiger partial charge in [-0.3, -0.25) is 4.99 Å². The van der Waals surface area contributed by atoms with Gasteiger partial charge in [-0.1, -0.05) is 0 Å². The molecule has 1 fully saturated rings. The van der Waals surface area contributed by atoms with E-state index in [1.54, 1.807) is 13.3 Å². The van der Waals surface area contributed by atoms with Crippen molar-refractivity contribution < 1.29 is 4.74 Å². The van der Waals surface area contributed by atoms with Crippen molar-refractivity contribution >= 4 is 63.6 Å². The van der Waals surface area contributed by atoms with E-state index in [9.17, 15) is 0 Å². The summed E-state index contributed by atoms with van der Waals surface area (Å²) in [6.07, 6.45) is 5.01. The minimum Gasteiger partial charge on any atom is -0.480 e. The van der Waals surface area contributed by atoms with Crippen molar-refractivity contribution in [2.24, 2.45) is 4.99 Å². The first kappa shape index (κ1) is 22.6. The summed E-state index contributed by atoms with van der Waals surface area (Å²) in [6, 6.07) is 0. The lowest BCUT2D eigenvalue weighted by atomic mass is 10.3. The number of hydrogen-bond acceptors (Lipinski definition) is 6. The number of aromatic nitrogens is 2. The first-order valence-corrected chi connectivity index (χ1v) is 10.1. The Balaban J connectivity index is 0.00000312. The first-order valence-electron chi connectivity index (χ1n) is 7.95. The molecule has 0 amide bonds. The lowest BCUT2D eigenvalue weighted by molar-refractivity contribution is 0.366. The molecule has 10 heteroatoms. The summed E-state index contributed by atoms with van der Waals surface area (Å²) in [6.45, 7) is 4.46. The maximum Gasteiger partial charge on any atom is 0.232 e. The van der Waals surface area contributed by atoms with E-state index in [1.165, 1.54) is 5.75 Å². The quantitative estimate of drug-likeness (QED) is 0.255. The Morgan fingerprint density at radius 2 is 2.12 bits per heavy atom. The molecule has 0 spiro atoms. The molecule has 0 bridgehead atoms. The number of methoxy groups -OCH3 is 1. The third-order valence-corrected chi connectivity index (χ3v) is 5.02. The average Bonchev–Trinajstić information content (AvgIpc) is 2.62. The molecule has 25 heavy (non-hydrogen) atoms. The molecule has 0 radical (unpaired) electrons. The number of anilines is 1. The molecule has 1 N–H and O–H groups in total. The van der Waals surface area contributed by atoms with Crippen LogP contribution < -0.4 is 15.0 Å². The van der Waals surface area contributed by atoms with Crippen LogP contribution in [-0.2, 0) is 0 Å². The molecule has 1 aliphatic heterocycles. The molecule has 1 aliphatic rings. The van der Waals surface area contributed by atoms with E-state index in [-0.39, 0.29) is 24.0 Å². The number of halogens is 2. The summed E-state index contributed by atoms with van der Waals surface area (Å²) in [4.78, 5) is 17.7. The van der Waals surface area contributed by atoms with Crippen molar-refractivity contribution in [1.82, 2.24) is 20.2 Å². The van der Waals surface area contributed by atoms with Crippen LogP contribution in [0.3, 0.4) is 0 Å². The van der Waals surface area contributed by atoms with Crippen LogP contribution in [0.4, 0.5) is 5.95 Å². The SMILES string of the molecule is CN=C(NCCCSC)N1CCN(c2ncc(Br)c(OC)n2)CC1.I. The first-order chi connectivity index (χ1) is 11.7. The largest absolute Gasteiger partial charge is 0.480 e. The number of guanidine groups is 1. The highest BCUT2D eigenvalue weighted by atomic mass is 127. The number of piperazine rings is 1. The number of aliphatic imine (C=N–C) groups is 1. The number of thioether (sulfide) groups is 1. The molecule has 0 atom stereocenters. The van der Waals surface area contributed by atoms with Gasteiger partial charge in [0.2, 0.25) is 11.8 Å². The molecule has 1 saturated heterocycles. The summed E-state index contributed by atoms with van der Waals surface area (Å²) in [7, 11) is 3.45. The molecular formula is C15H26BrIN6OS. The summed E-state index contributed by atoms with van der Waals surface area (Å²) in [5.74, 6) is 3.41. The second-order valence-corrected chi connectivity index (χ2v) is 7.16. The zero-order chi connectivity index (χ0) is 17.4. The molecule has 0 unspecified atom stereocenters. The van der Waals surface area contributed by atoms with Crippen LogP contribution >= 0.6 is 51.7 Å². The van der Waals surface area contributed by atoms with E-state index in [0.717, 1.165) is 49.6 Å². The van der Waals surface area contributed by atoms with Crippen LogP contribution in [0.2, 0.25) is 0 Å². The van der Waals surface area contributed by atoms with Gasteiger partial charge in [0.15, 0.2) is 5.96 Å². The van der Waals surface area contributed by atoms with Gasteiger partial charge in [0.1, 0.15) is 0 Å². The zero-order valence-electron chi connectivity index (χ0n) is 14.9. The zero-order valence-corrected chi connectivity index (χ0v) is 19.6. The number of nitrogens with one attached hydrogen (secondary N) is 1. The number of ether oxygens (including phenoxy) is 1. The third kappa shape index (κ3) is 6.63. The molecule has 0 aromatic carbocycles. The smallest absolute Gasteiger partial charge is 0.232 e. The molecule has 0 saturated carbocycles. The lowest BCUT2D eigenvalue weighted by Gasteiger charge is -2.36. The predicted octanol–water partition coefficient (Wildman–Crippen LogP) is 2.32. The van der Waals surface area contributed by atoms with Gasteiger partial charge >= 0.3 is 0 Å². The second-order valence-electron chi connectivity index (χ2n) is 5.32. The molecular weight excluding hydrogens is 519 g/mol. The van der Waals surface area contributed by atoms with E-state index in [2.05, 4.69) is 52.3 Å². The Kier molecular flexibility index (Phi) is 10.8.